The predicted molar refractivity (Wildman–Crippen MR) is 83.9 cm³/mol. The number of aromatic nitrogens is 1. The molecule has 2 aromatic heterocycles. The minimum atomic E-state index is -0.178. The minimum Gasteiger partial charge on any atom is -0.339 e. The second kappa shape index (κ2) is 6.37. The van der Waals surface area contributed by atoms with Gasteiger partial charge < -0.3 is 9.47 Å². The summed E-state index contributed by atoms with van der Waals surface area (Å²) in [5.41, 5.74) is 1.01. The number of carbonyl (C=O) groups excluding carboxylic acids is 1. The highest BCUT2D eigenvalue weighted by atomic mass is 79.9. The van der Waals surface area contributed by atoms with Gasteiger partial charge in [0, 0.05) is 28.7 Å². The first-order valence-electron chi connectivity index (χ1n) is 6.10. The van der Waals surface area contributed by atoms with Crippen LogP contribution >= 0.6 is 27.3 Å². The van der Waals surface area contributed by atoms with Gasteiger partial charge in [-0.2, -0.15) is 0 Å². The highest BCUT2D eigenvalue weighted by Gasteiger charge is 2.12. The molecule has 4 nitrogen and oxygen atoms in total. The zero-order chi connectivity index (χ0) is 14.7. The topological polar surface area (TPSA) is 42.3 Å². The largest absolute Gasteiger partial charge is 0.339 e. The number of halogens is 1. The quantitative estimate of drug-likeness (QED) is 0.846. The van der Waals surface area contributed by atoms with Crippen LogP contribution < -0.4 is 5.56 Å². The lowest BCUT2D eigenvalue weighted by Crippen LogP contribution is -2.33. The van der Waals surface area contributed by atoms with E-state index in [4.69, 9.17) is 0 Å². The van der Waals surface area contributed by atoms with Crippen molar-refractivity contribution in [3.8, 4) is 0 Å². The molecule has 20 heavy (non-hydrogen) atoms. The number of thiophene rings is 1. The molecule has 2 aromatic rings. The third-order valence-electron chi connectivity index (χ3n) is 3.03. The molecule has 6 heteroatoms. The van der Waals surface area contributed by atoms with Crippen molar-refractivity contribution >= 4 is 33.2 Å². The molecule has 0 N–H and O–H groups in total. The Morgan fingerprint density at radius 2 is 2.15 bits per heavy atom. The molecular weight excluding hydrogens is 340 g/mol. The summed E-state index contributed by atoms with van der Waals surface area (Å²) in [6.45, 7) is 2.66. The molecule has 0 saturated carbocycles. The summed E-state index contributed by atoms with van der Waals surface area (Å²) < 4.78 is 2.19. The molecule has 0 atom stereocenters. The predicted octanol–water partition coefficient (Wildman–Crippen LogP) is 2.64. The Balaban J connectivity index is 2.06. The van der Waals surface area contributed by atoms with Crippen LogP contribution in [0, 0.1) is 6.92 Å². The van der Waals surface area contributed by atoms with Gasteiger partial charge in [0.05, 0.1) is 6.54 Å². The Labute approximate surface area is 129 Å². The van der Waals surface area contributed by atoms with Crippen molar-refractivity contribution in [2.24, 2.45) is 0 Å². The fourth-order valence-electron chi connectivity index (χ4n) is 1.76. The fourth-order valence-corrected chi connectivity index (χ4v) is 3.10. The Morgan fingerprint density at radius 1 is 1.40 bits per heavy atom. The number of rotatable bonds is 4. The van der Waals surface area contributed by atoms with Crippen LogP contribution in [0.1, 0.15) is 10.4 Å². The van der Waals surface area contributed by atoms with Gasteiger partial charge in [0.25, 0.3) is 5.56 Å². The average molecular weight is 355 g/mol. The van der Waals surface area contributed by atoms with E-state index < -0.39 is 0 Å². The van der Waals surface area contributed by atoms with Crippen LogP contribution in [0.15, 0.2) is 39.0 Å². The van der Waals surface area contributed by atoms with Crippen molar-refractivity contribution in [1.29, 1.82) is 0 Å². The normalized spacial score (nSPS) is 10.6. The summed E-state index contributed by atoms with van der Waals surface area (Å²) in [5.74, 6) is -0.0852. The zero-order valence-corrected chi connectivity index (χ0v) is 13.7. The van der Waals surface area contributed by atoms with E-state index in [1.54, 1.807) is 35.5 Å². The highest BCUT2D eigenvalue weighted by Crippen LogP contribution is 2.17. The molecule has 0 spiro atoms. The molecule has 0 aliphatic rings. The lowest BCUT2D eigenvalue weighted by Gasteiger charge is -2.17. The van der Waals surface area contributed by atoms with Gasteiger partial charge in [-0.05, 0) is 45.9 Å². The third kappa shape index (κ3) is 3.58. The number of hydrogen-bond acceptors (Lipinski definition) is 3. The molecular formula is C14H15BrN2O2S. The lowest BCUT2D eigenvalue weighted by molar-refractivity contribution is -0.131. The molecule has 0 bridgehead atoms. The van der Waals surface area contributed by atoms with Gasteiger partial charge >= 0.3 is 0 Å². The maximum Gasteiger partial charge on any atom is 0.251 e. The molecule has 1 amide bonds. The number of hydrogen-bond donors (Lipinski definition) is 0. The van der Waals surface area contributed by atoms with Crippen LogP contribution in [0.4, 0.5) is 0 Å². The van der Waals surface area contributed by atoms with E-state index >= 15 is 0 Å². The van der Waals surface area contributed by atoms with Gasteiger partial charge in [0.1, 0.15) is 6.54 Å². The Bertz CT molecular complexity index is 678. The zero-order valence-electron chi connectivity index (χ0n) is 11.3. The van der Waals surface area contributed by atoms with Crippen molar-refractivity contribution < 1.29 is 4.79 Å². The fraction of sp³-hybridized carbons (Fsp3) is 0.286. The van der Waals surface area contributed by atoms with Crippen molar-refractivity contribution in [2.45, 2.75) is 20.0 Å². The molecule has 2 rings (SSSR count). The number of aryl methyl sites for hydroxylation is 1. The van der Waals surface area contributed by atoms with Crippen molar-refractivity contribution in [3.05, 3.63) is 55.0 Å². The van der Waals surface area contributed by atoms with Crippen LogP contribution in [-0.4, -0.2) is 22.4 Å². The molecule has 0 fully saturated rings. The van der Waals surface area contributed by atoms with Crippen LogP contribution in [0.3, 0.4) is 0 Å². The summed E-state index contributed by atoms with van der Waals surface area (Å²) in [6.07, 6.45) is 1.63. The smallest absolute Gasteiger partial charge is 0.251 e. The first-order chi connectivity index (χ1) is 9.47. The Morgan fingerprint density at radius 3 is 2.80 bits per heavy atom. The van der Waals surface area contributed by atoms with Gasteiger partial charge in [-0.15, -0.1) is 11.3 Å². The van der Waals surface area contributed by atoms with Crippen molar-refractivity contribution in [1.82, 2.24) is 9.47 Å². The summed E-state index contributed by atoms with van der Waals surface area (Å²) in [7, 11) is 1.75. The van der Waals surface area contributed by atoms with E-state index in [0.29, 0.717) is 6.54 Å². The average Bonchev–Trinajstić information content (AvgIpc) is 2.79. The number of nitrogens with zero attached hydrogens (tertiary/aromatic N) is 2. The number of amides is 1. The second-order valence-electron chi connectivity index (χ2n) is 4.59. The van der Waals surface area contributed by atoms with Gasteiger partial charge in [0.15, 0.2) is 0 Å². The van der Waals surface area contributed by atoms with Crippen molar-refractivity contribution in [3.63, 3.8) is 0 Å². The molecule has 0 aliphatic carbocycles. The molecule has 0 unspecified atom stereocenters. The first kappa shape index (κ1) is 15.0. The molecule has 0 aromatic carbocycles. The van der Waals surface area contributed by atoms with Gasteiger partial charge in [-0.1, -0.05) is 0 Å². The molecule has 2 heterocycles. The second-order valence-corrected chi connectivity index (χ2v) is 6.51. The lowest BCUT2D eigenvalue weighted by atomic mass is 10.3. The van der Waals surface area contributed by atoms with E-state index in [2.05, 4.69) is 15.9 Å². The van der Waals surface area contributed by atoms with Crippen LogP contribution in [0.25, 0.3) is 0 Å². The summed E-state index contributed by atoms with van der Waals surface area (Å²) >= 11 is 4.94. The minimum absolute atomic E-state index is 0.0548. The van der Waals surface area contributed by atoms with Crippen LogP contribution in [-0.2, 0) is 17.9 Å². The number of pyridine rings is 1. The van der Waals surface area contributed by atoms with E-state index in [0.717, 1.165) is 4.47 Å². The third-order valence-corrected chi connectivity index (χ3v) is 4.50. The molecule has 0 saturated heterocycles. The van der Waals surface area contributed by atoms with Crippen LogP contribution in [0.5, 0.6) is 0 Å². The SMILES string of the molecule is Cc1ccsc1CN(C)C(=O)Cn1cc(Br)ccc1=O. The van der Waals surface area contributed by atoms with Gasteiger partial charge in [-0.3, -0.25) is 9.59 Å². The summed E-state index contributed by atoms with van der Waals surface area (Å²) in [4.78, 5) is 26.7. The van der Waals surface area contributed by atoms with E-state index in [1.165, 1.54) is 21.1 Å². The first-order valence-corrected chi connectivity index (χ1v) is 7.77. The Kier molecular flexibility index (Phi) is 4.77. The van der Waals surface area contributed by atoms with E-state index in [1.807, 2.05) is 18.4 Å². The number of carbonyl (C=O) groups is 1. The molecule has 106 valence electrons. The Hall–Kier alpha value is -1.40. The molecule has 0 radical (unpaired) electrons. The number of likely N-dealkylation sites (N-methyl/N-ethyl adjacent to an activating group) is 1. The van der Waals surface area contributed by atoms with Gasteiger partial charge in [-0.25, -0.2) is 0 Å². The van der Waals surface area contributed by atoms with Gasteiger partial charge in [0.2, 0.25) is 5.91 Å². The maximum atomic E-state index is 12.2. The van der Waals surface area contributed by atoms with Crippen molar-refractivity contribution in [2.75, 3.05) is 7.05 Å². The monoisotopic (exact) mass is 354 g/mol. The summed E-state index contributed by atoms with van der Waals surface area (Å²) in [6, 6.07) is 5.15. The van der Waals surface area contributed by atoms with E-state index in [-0.39, 0.29) is 18.0 Å². The highest BCUT2D eigenvalue weighted by molar-refractivity contribution is 9.10. The standard InChI is InChI=1S/C14H15BrN2O2S/c1-10-5-6-20-12(10)8-16(2)14(19)9-17-7-11(15)3-4-13(17)18/h3-7H,8-9H2,1-2H3. The van der Waals surface area contributed by atoms with Crippen LogP contribution in [0.2, 0.25) is 0 Å². The maximum absolute atomic E-state index is 12.2. The molecule has 0 aliphatic heterocycles. The summed E-state index contributed by atoms with van der Waals surface area (Å²) in [5, 5.41) is 2.02. The van der Waals surface area contributed by atoms with E-state index in [9.17, 15) is 9.59 Å².